The van der Waals surface area contributed by atoms with Gasteiger partial charge in [-0.2, -0.15) is 0 Å². The van der Waals surface area contributed by atoms with Crippen LogP contribution in [-0.2, 0) is 14.4 Å². The first-order valence-corrected chi connectivity index (χ1v) is 4.74. The van der Waals surface area contributed by atoms with Crippen molar-refractivity contribution in [2.75, 3.05) is 5.06 Å². The van der Waals surface area contributed by atoms with Crippen molar-refractivity contribution in [3.63, 3.8) is 0 Å². The Morgan fingerprint density at radius 1 is 1.12 bits per heavy atom. The van der Waals surface area contributed by atoms with E-state index < -0.39 is 17.8 Å². The molecule has 0 radical (unpaired) electrons. The first-order chi connectivity index (χ1) is 7.91. The molecule has 6 heteroatoms. The van der Waals surface area contributed by atoms with Crippen molar-refractivity contribution in [2.45, 2.75) is 13.8 Å². The molecule has 0 aliphatic heterocycles. The van der Waals surface area contributed by atoms with E-state index in [0.717, 1.165) is 5.06 Å². The Balaban J connectivity index is 2.99. The van der Waals surface area contributed by atoms with Gasteiger partial charge < -0.3 is 9.94 Å². The van der Waals surface area contributed by atoms with E-state index in [1.807, 2.05) is 0 Å². The molecule has 0 heterocycles. The maximum absolute atomic E-state index is 11.2. The largest absolute Gasteiger partial charge is 0.478 e. The van der Waals surface area contributed by atoms with Crippen LogP contribution in [0.1, 0.15) is 24.2 Å². The van der Waals surface area contributed by atoms with Gasteiger partial charge in [-0.1, -0.05) is 0 Å². The SMILES string of the molecule is CC(=O)ON(C(C)=O)c1ccc(C(=O)O)cc1. The predicted molar refractivity (Wildman–Crippen MR) is 58.3 cm³/mol. The number of anilines is 1. The summed E-state index contributed by atoms with van der Waals surface area (Å²) in [5.74, 6) is -2.19. The zero-order chi connectivity index (χ0) is 13.0. The first kappa shape index (κ1) is 12.7. The highest BCUT2D eigenvalue weighted by Crippen LogP contribution is 2.16. The molecule has 1 amide bonds. The van der Waals surface area contributed by atoms with Crippen molar-refractivity contribution in [1.82, 2.24) is 0 Å². The number of rotatable bonds is 2. The summed E-state index contributed by atoms with van der Waals surface area (Å²) in [7, 11) is 0. The summed E-state index contributed by atoms with van der Waals surface area (Å²) in [5.41, 5.74) is 0.373. The second kappa shape index (κ2) is 5.11. The molecule has 0 aliphatic rings. The van der Waals surface area contributed by atoms with E-state index in [4.69, 9.17) is 9.94 Å². The van der Waals surface area contributed by atoms with Crippen LogP contribution in [0.4, 0.5) is 5.69 Å². The van der Waals surface area contributed by atoms with Gasteiger partial charge in [0.2, 0.25) is 0 Å². The Morgan fingerprint density at radius 2 is 1.65 bits per heavy atom. The van der Waals surface area contributed by atoms with Gasteiger partial charge in [-0.25, -0.2) is 9.59 Å². The third-order valence-corrected chi connectivity index (χ3v) is 1.85. The van der Waals surface area contributed by atoms with Gasteiger partial charge in [-0.3, -0.25) is 4.79 Å². The highest BCUT2D eigenvalue weighted by molar-refractivity contribution is 5.93. The van der Waals surface area contributed by atoms with Gasteiger partial charge in [-0.15, -0.1) is 5.06 Å². The number of carboxylic acid groups (broad SMARTS) is 1. The molecule has 1 rings (SSSR count). The van der Waals surface area contributed by atoms with Gasteiger partial charge in [0.05, 0.1) is 11.3 Å². The molecule has 1 aromatic rings. The highest BCUT2D eigenvalue weighted by atomic mass is 16.7. The molecule has 0 atom stereocenters. The molecule has 6 nitrogen and oxygen atoms in total. The number of nitrogens with zero attached hydrogens (tertiary/aromatic N) is 1. The molecule has 0 aliphatic carbocycles. The zero-order valence-electron chi connectivity index (χ0n) is 9.34. The van der Waals surface area contributed by atoms with Crippen molar-refractivity contribution in [2.24, 2.45) is 0 Å². The molecule has 0 spiro atoms. The Labute approximate surface area is 97.4 Å². The van der Waals surface area contributed by atoms with Crippen molar-refractivity contribution < 1.29 is 24.3 Å². The Bertz CT molecular complexity index is 451. The molecular weight excluding hydrogens is 226 g/mol. The molecule has 0 aromatic heterocycles. The van der Waals surface area contributed by atoms with E-state index in [1.54, 1.807) is 0 Å². The minimum atomic E-state index is -1.07. The standard InChI is InChI=1S/C11H11NO5/c1-7(13)12(17-8(2)14)10-5-3-9(4-6-10)11(15)16/h3-6H,1-2H3,(H,15,16). The van der Waals surface area contributed by atoms with Crippen molar-refractivity contribution in [1.29, 1.82) is 0 Å². The third-order valence-electron chi connectivity index (χ3n) is 1.85. The number of amides is 1. The third kappa shape index (κ3) is 3.30. The second-order valence-corrected chi connectivity index (χ2v) is 3.25. The number of benzene rings is 1. The Kier molecular flexibility index (Phi) is 3.82. The van der Waals surface area contributed by atoms with Crippen LogP contribution in [0.3, 0.4) is 0 Å². The monoisotopic (exact) mass is 237 g/mol. The van der Waals surface area contributed by atoms with Gasteiger partial charge in [0.15, 0.2) is 0 Å². The molecule has 0 fully saturated rings. The minimum Gasteiger partial charge on any atom is -0.478 e. The number of hydroxylamine groups is 1. The van der Waals surface area contributed by atoms with Crippen LogP contribution in [-0.4, -0.2) is 23.0 Å². The summed E-state index contributed by atoms with van der Waals surface area (Å²) in [6, 6.07) is 5.40. The molecule has 90 valence electrons. The number of hydrogen-bond donors (Lipinski definition) is 1. The molecule has 1 aromatic carbocycles. The zero-order valence-corrected chi connectivity index (χ0v) is 9.34. The summed E-state index contributed by atoms with van der Waals surface area (Å²) in [5, 5.41) is 9.50. The number of carboxylic acids is 1. The normalized spacial score (nSPS) is 9.53. The van der Waals surface area contributed by atoms with Crippen molar-refractivity contribution in [3.8, 4) is 0 Å². The van der Waals surface area contributed by atoms with Gasteiger partial charge in [-0.05, 0) is 24.3 Å². The van der Waals surface area contributed by atoms with Crippen LogP contribution in [0, 0.1) is 0 Å². The number of carbonyl (C=O) groups excluding carboxylic acids is 2. The average Bonchev–Trinajstić information content (AvgIpc) is 2.25. The van der Waals surface area contributed by atoms with Crippen LogP contribution in [0.25, 0.3) is 0 Å². The van der Waals surface area contributed by atoms with Gasteiger partial charge in [0.1, 0.15) is 0 Å². The lowest BCUT2D eigenvalue weighted by molar-refractivity contribution is -0.147. The van der Waals surface area contributed by atoms with E-state index in [2.05, 4.69) is 0 Å². The van der Waals surface area contributed by atoms with E-state index in [1.165, 1.54) is 38.1 Å². The summed E-state index contributed by atoms with van der Waals surface area (Å²) < 4.78 is 0. The van der Waals surface area contributed by atoms with E-state index in [-0.39, 0.29) is 11.3 Å². The van der Waals surface area contributed by atoms with E-state index in [0.29, 0.717) is 0 Å². The van der Waals surface area contributed by atoms with Crippen LogP contribution in [0.15, 0.2) is 24.3 Å². The summed E-state index contributed by atoms with van der Waals surface area (Å²) in [4.78, 5) is 37.4. The molecule has 0 bridgehead atoms. The fraction of sp³-hybridized carbons (Fsp3) is 0.182. The maximum Gasteiger partial charge on any atom is 0.335 e. The predicted octanol–water partition coefficient (Wildman–Crippen LogP) is 1.22. The fourth-order valence-electron chi connectivity index (χ4n) is 1.17. The molecule has 1 N–H and O–H groups in total. The summed E-state index contributed by atoms with van der Waals surface area (Å²) in [6.07, 6.45) is 0. The molecule has 0 unspecified atom stereocenters. The fourth-order valence-corrected chi connectivity index (χ4v) is 1.17. The second-order valence-electron chi connectivity index (χ2n) is 3.25. The lowest BCUT2D eigenvalue weighted by Gasteiger charge is -2.18. The van der Waals surface area contributed by atoms with Gasteiger partial charge >= 0.3 is 11.9 Å². The summed E-state index contributed by atoms with van der Waals surface area (Å²) >= 11 is 0. The lowest BCUT2D eigenvalue weighted by Crippen LogP contribution is -2.30. The first-order valence-electron chi connectivity index (χ1n) is 4.74. The van der Waals surface area contributed by atoms with E-state index in [9.17, 15) is 14.4 Å². The Hall–Kier alpha value is -2.37. The summed E-state index contributed by atoms with van der Waals surface area (Å²) in [6.45, 7) is 2.40. The molecule has 17 heavy (non-hydrogen) atoms. The van der Waals surface area contributed by atoms with Crippen LogP contribution in [0.2, 0.25) is 0 Å². The van der Waals surface area contributed by atoms with Crippen LogP contribution >= 0.6 is 0 Å². The Morgan fingerprint density at radius 3 is 2.00 bits per heavy atom. The number of hydrogen-bond acceptors (Lipinski definition) is 4. The van der Waals surface area contributed by atoms with Crippen molar-refractivity contribution >= 4 is 23.5 Å². The maximum atomic E-state index is 11.2. The molecule has 0 saturated carbocycles. The smallest absolute Gasteiger partial charge is 0.335 e. The molecular formula is C11H11NO5. The topological polar surface area (TPSA) is 83.9 Å². The quantitative estimate of drug-likeness (QED) is 0.781. The minimum absolute atomic E-state index is 0.0834. The lowest BCUT2D eigenvalue weighted by atomic mass is 10.2. The van der Waals surface area contributed by atoms with Gasteiger partial charge in [0, 0.05) is 13.8 Å². The number of carbonyl (C=O) groups is 3. The van der Waals surface area contributed by atoms with Crippen LogP contribution < -0.4 is 5.06 Å². The highest BCUT2D eigenvalue weighted by Gasteiger charge is 2.15. The molecule has 0 saturated heterocycles. The van der Waals surface area contributed by atoms with Crippen LogP contribution in [0.5, 0.6) is 0 Å². The van der Waals surface area contributed by atoms with E-state index >= 15 is 0 Å². The van der Waals surface area contributed by atoms with Gasteiger partial charge in [0.25, 0.3) is 5.91 Å². The van der Waals surface area contributed by atoms with Crippen molar-refractivity contribution in [3.05, 3.63) is 29.8 Å². The average molecular weight is 237 g/mol. The number of aromatic carboxylic acids is 1.